The Morgan fingerprint density at radius 3 is 2.68 bits per heavy atom. The molecule has 0 aromatic heterocycles. The molecular formula is C18H22N2OS. The topological polar surface area (TPSA) is 72.3 Å². The van der Waals surface area contributed by atoms with Gasteiger partial charge in [-0.2, -0.15) is 0 Å². The summed E-state index contributed by atoms with van der Waals surface area (Å²) >= 11 is 1.79. The van der Waals surface area contributed by atoms with Crippen molar-refractivity contribution in [1.29, 1.82) is 0 Å². The smallest absolute Gasteiger partial charge is 0.115 e. The molecule has 1 aliphatic carbocycles. The number of fused-ring (bicyclic) bond motifs is 1. The molecule has 4 heteroatoms. The first-order valence-corrected chi connectivity index (χ1v) is 8.36. The number of hydrogen-bond acceptors (Lipinski definition) is 4. The van der Waals surface area contributed by atoms with E-state index in [9.17, 15) is 5.11 Å². The van der Waals surface area contributed by atoms with Crippen LogP contribution >= 0.6 is 11.8 Å². The number of nitrogen functional groups attached to an aromatic ring is 1. The molecule has 0 saturated carbocycles. The van der Waals surface area contributed by atoms with Crippen molar-refractivity contribution in [2.24, 2.45) is 5.73 Å². The van der Waals surface area contributed by atoms with Gasteiger partial charge in [-0.25, -0.2) is 0 Å². The molecule has 5 N–H and O–H groups in total. The van der Waals surface area contributed by atoms with Gasteiger partial charge in [0, 0.05) is 27.3 Å². The highest BCUT2D eigenvalue weighted by Gasteiger charge is 2.40. The molecule has 0 radical (unpaired) electrons. The van der Waals surface area contributed by atoms with Crippen molar-refractivity contribution in [3.05, 3.63) is 53.6 Å². The minimum atomic E-state index is -0.176. The molecule has 0 spiro atoms. The highest BCUT2D eigenvalue weighted by molar-refractivity contribution is 8.00. The molecule has 0 saturated heterocycles. The van der Waals surface area contributed by atoms with E-state index in [2.05, 4.69) is 19.9 Å². The molecule has 22 heavy (non-hydrogen) atoms. The lowest BCUT2D eigenvalue weighted by Gasteiger charge is -2.43. The largest absolute Gasteiger partial charge is 0.508 e. The van der Waals surface area contributed by atoms with E-state index in [4.69, 9.17) is 11.5 Å². The Balaban J connectivity index is 1.93. The maximum Gasteiger partial charge on any atom is 0.115 e. The van der Waals surface area contributed by atoms with Crippen molar-refractivity contribution in [3.63, 3.8) is 0 Å². The summed E-state index contributed by atoms with van der Waals surface area (Å²) in [5, 5.41) is 10.1. The first-order valence-electron chi connectivity index (χ1n) is 7.48. The van der Waals surface area contributed by atoms with Gasteiger partial charge in [0.15, 0.2) is 0 Å². The molecular weight excluding hydrogens is 292 g/mol. The van der Waals surface area contributed by atoms with E-state index in [0.717, 1.165) is 22.6 Å². The molecule has 3 nitrogen and oxygen atoms in total. The number of nitrogens with two attached hydrogens (primary N) is 2. The Hall–Kier alpha value is -1.65. The molecule has 116 valence electrons. The number of benzene rings is 2. The lowest BCUT2D eigenvalue weighted by molar-refractivity contribution is 0.369. The maximum atomic E-state index is 9.78. The first-order chi connectivity index (χ1) is 10.4. The second-order valence-electron chi connectivity index (χ2n) is 6.52. The Morgan fingerprint density at radius 1 is 1.18 bits per heavy atom. The summed E-state index contributed by atoms with van der Waals surface area (Å²) in [6.07, 6.45) is 0.902. The van der Waals surface area contributed by atoms with Gasteiger partial charge in [0.05, 0.1) is 0 Å². The predicted octanol–water partition coefficient (Wildman–Crippen LogP) is 3.30. The van der Waals surface area contributed by atoms with Crippen molar-refractivity contribution in [2.75, 3.05) is 5.73 Å². The first kappa shape index (κ1) is 15.3. The molecule has 3 rings (SSSR count). The number of aromatic hydroxyl groups is 1. The number of hydrogen-bond donors (Lipinski definition) is 3. The average molecular weight is 314 g/mol. The fourth-order valence-corrected chi connectivity index (χ4v) is 4.67. The monoisotopic (exact) mass is 314 g/mol. The summed E-state index contributed by atoms with van der Waals surface area (Å²) in [4.78, 5) is 1.15. The fraction of sp³-hybridized carbons (Fsp3) is 0.333. The highest BCUT2D eigenvalue weighted by Crippen LogP contribution is 2.43. The van der Waals surface area contributed by atoms with Gasteiger partial charge in [0.1, 0.15) is 5.75 Å². The average Bonchev–Trinajstić information content (AvgIpc) is 2.46. The molecule has 2 aromatic rings. The predicted molar refractivity (Wildman–Crippen MR) is 93.3 cm³/mol. The number of phenolic OH excluding ortho intramolecular Hbond substituents is 1. The Labute approximate surface area is 135 Å². The van der Waals surface area contributed by atoms with Crippen LogP contribution in [0.2, 0.25) is 0 Å². The zero-order chi connectivity index (χ0) is 15.9. The quantitative estimate of drug-likeness (QED) is 0.744. The minimum absolute atomic E-state index is 0.00762. The normalized spacial score (nSPS) is 23.0. The van der Waals surface area contributed by atoms with Crippen molar-refractivity contribution in [1.82, 2.24) is 0 Å². The van der Waals surface area contributed by atoms with E-state index in [-0.39, 0.29) is 16.7 Å². The number of thioether (sulfide) groups is 1. The molecule has 2 aromatic carbocycles. The third kappa shape index (κ3) is 2.69. The van der Waals surface area contributed by atoms with Crippen LogP contribution < -0.4 is 11.5 Å². The van der Waals surface area contributed by atoms with E-state index in [0.29, 0.717) is 5.75 Å². The fourth-order valence-electron chi connectivity index (χ4n) is 3.21. The number of anilines is 1. The van der Waals surface area contributed by atoms with Crippen LogP contribution in [0.4, 0.5) is 5.69 Å². The molecule has 0 heterocycles. The SMILES string of the molecule is CC1(C)c2cc(O)ccc2CC(Sc2cccc(N)c2)C1N. The minimum Gasteiger partial charge on any atom is -0.508 e. The van der Waals surface area contributed by atoms with Crippen molar-refractivity contribution in [3.8, 4) is 5.75 Å². The molecule has 2 atom stereocenters. The number of phenols is 1. The summed E-state index contributed by atoms with van der Waals surface area (Å²) < 4.78 is 0. The third-order valence-electron chi connectivity index (χ3n) is 4.59. The Kier molecular flexibility index (Phi) is 3.83. The van der Waals surface area contributed by atoms with E-state index < -0.39 is 0 Å². The second-order valence-corrected chi connectivity index (χ2v) is 7.83. The molecule has 2 unspecified atom stereocenters. The van der Waals surface area contributed by atoms with Gasteiger partial charge in [0.2, 0.25) is 0 Å². The van der Waals surface area contributed by atoms with Crippen LogP contribution in [0.15, 0.2) is 47.4 Å². The molecule has 0 fully saturated rings. The van der Waals surface area contributed by atoms with Crippen LogP contribution in [-0.2, 0) is 11.8 Å². The third-order valence-corrected chi connectivity index (χ3v) is 5.88. The molecule has 1 aliphatic rings. The van der Waals surface area contributed by atoms with Crippen molar-refractivity contribution in [2.45, 2.75) is 41.9 Å². The second kappa shape index (κ2) is 5.52. The summed E-state index contributed by atoms with van der Waals surface area (Å²) in [6, 6.07) is 13.6. The molecule has 0 amide bonds. The van der Waals surface area contributed by atoms with Crippen LogP contribution in [0.25, 0.3) is 0 Å². The molecule has 0 bridgehead atoms. The summed E-state index contributed by atoms with van der Waals surface area (Å²) in [6.45, 7) is 4.31. The van der Waals surface area contributed by atoms with Crippen LogP contribution in [0.3, 0.4) is 0 Å². The highest BCUT2D eigenvalue weighted by atomic mass is 32.2. The Morgan fingerprint density at radius 2 is 1.95 bits per heavy atom. The van der Waals surface area contributed by atoms with Gasteiger partial charge < -0.3 is 16.6 Å². The van der Waals surface area contributed by atoms with E-state index in [1.807, 2.05) is 30.3 Å². The van der Waals surface area contributed by atoms with E-state index in [1.54, 1.807) is 17.8 Å². The standard InChI is InChI=1S/C18H22N2OS/c1-18(2)15-10-13(21)7-6-11(15)8-16(17(18)20)22-14-5-3-4-12(19)9-14/h3-7,9-10,16-17,21H,8,19-20H2,1-2H3. The van der Waals surface area contributed by atoms with Crippen LogP contribution in [0.5, 0.6) is 5.75 Å². The van der Waals surface area contributed by atoms with Crippen LogP contribution in [0, 0.1) is 0 Å². The lowest BCUT2D eigenvalue weighted by Crippen LogP contribution is -2.52. The van der Waals surface area contributed by atoms with Crippen LogP contribution in [-0.4, -0.2) is 16.4 Å². The van der Waals surface area contributed by atoms with Gasteiger partial charge in [-0.15, -0.1) is 11.8 Å². The zero-order valence-corrected chi connectivity index (χ0v) is 13.7. The Bertz CT molecular complexity index is 699. The summed E-state index contributed by atoms with van der Waals surface area (Å²) in [7, 11) is 0. The van der Waals surface area contributed by atoms with Gasteiger partial charge >= 0.3 is 0 Å². The summed E-state index contributed by atoms with van der Waals surface area (Å²) in [5.41, 5.74) is 15.5. The zero-order valence-electron chi connectivity index (χ0n) is 12.9. The van der Waals surface area contributed by atoms with Gasteiger partial charge in [-0.05, 0) is 47.9 Å². The van der Waals surface area contributed by atoms with E-state index in [1.165, 1.54) is 5.56 Å². The van der Waals surface area contributed by atoms with Gasteiger partial charge in [0.25, 0.3) is 0 Å². The van der Waals surface area contributed by atoms with E-state index >= 15 is 0 Å². The van der Waals surface area contributed by atoms with Crippen molar-refractivity contribution < 1.29 is 5.11 Å². The van der Waals surface area contributed by atoms with Gasteiger partial charge in [-0.3, -0.25) is 0 Å². The molecule has 0 aliphatic heterocycles. The van der Waals surface area contributed by atoms with Gasteiger partial charge in [-0.1, -0.05) is 26.0 Å². The van der Waals surface area contributed by atoms with Crippen molar-refractivity contribution >= 4 is 17.4 Å². The summed E-state index contributed by atoms with van der Waals surface area (Å²) in [5.74, 6) is 0.306. The van der Waals surface area contributed by atoms with Crippen LogP contribution in [0.1, 0.15) is 25.0 Å². The number of rotatable bonds is 2. The lowest BCUT2D eigenvalue weighted by atomic mass is 9.69. The maximum absolute atomic E-state index is 9.78.